The number of benzene rings is 3. The highest BCUT2D eigenvalue weighted by atomic mass is 35.5. The lowest BCUT2D eigenvalue weighted by Gasteiger charge is -2.14. The molecule has 0 atom stereocenters. The van der Waals surface area contributed by atoms with Crippen LogP contribution in [0, 0.1) is 0 Å². The summed E-state index contributed by atoms with van der Waals surface area (Å²) in [6.07, 6.45) is 0. The van der Waals surface area contributed by atoms with Crippen LogP contribution in [0.1, 0.15) is 5.56 Å². The first-order valence-electron chi connectivity index (χ1n) is 9.80. The molecular formula is C24H18Cl2N2O4. The van der Waals surface area contributed by atoms with Crippen LogP contribution >= 0.6 is 23.2 Å². The third-order valence-electron chi connectivity index (χ3n) is 5.02. The molecule has 1 heterocycles. The smallest absolute Gasteiger partial charge is 0.326 e. The number of pyridine rings is 1. The van der Waals surface area contributed by atoms with Gasteiger partial charge in [-0.2, -0.15) is 0 Å². The van der Waals surface area contributed by atoms with E-state index in [-0.39, 0.29) is 18.5 Å². The Hall–Kier alpha value is -3.35. The first-order valence-corrected chi connectivity index (χ1v) is 10.6. The SMILES string of the molecule is O=C(COC(=O)Cn1c2ccccc2c(=O)c2ccccc21)NCc1ccc(Cl)cc1Cl. The van der Waals surface area contributed by atoms with Gasteiger partial charge in [-0.1, -0.05) is 53.5 Å². The van der Waals surface area contributed by atoms with Crippen LogP contribution in [0.15, 0.2) is 71.5 Å². The predicted molar refractivity (Wildman–Crippen MR) is 125 cm³/mol. The summed E-state index contributed by atoms with van der Waals surface area (Å²) < 4.78 is 6.89. The molecule has 32 heavy (non-hydrogen) atoms. The van der Waals surface area contributed by atoms with E-state index in [9.17, 15) is 14.4 Å². The number of aromatic nitrogens is 1. The summed E-state index contributed by atoms with van der Waals surface area (Å²) in [6.45, 7) is -0.390. The van der Waals surface area contributed by atoms with Gasteiger partial charge in [0.1, 0.15) is 6.54 Å². The predicted octanol–water partition coefficient (Wildman–Crippen LogP) is 4.32. The van der Waals surface area contributed by atoms with Crippen molar-refractivity contribution in [1.29, 1.82) is 0 Å². The summed E-state index contributed by atoms with van der Waals surface area (Å²) >= 11 is 12.0. The number of esters is 1. The van der Waals surface area contributed by atoms with Crippen molar-refractivity contribution in [3.05, 3.63) is 92.6 Å². The fraction of sp³-hybridized carbons (Fsp3) is 0.125. The Kier molecular flexibility index (Phi) is 6.44. The summed E-state index contributed by atoms with van der Waals surface area (Å²) in [5, 5.41) is 4.61. The minimum Gasteiger partial charge on any atom is -0.454 e. The molecule has 0 unspecified atom stereocenters. The van der Waals surface area contributed by atoms with Crippen LogP contribution in [0.2, 0.25) is 10.0 Å². The van der Waals surface area contributed by atoms with Crippen LogP contribution in [0.3, 0.4) is 0 Å². The summed E-state index contributed by atoms with van der Waals surface area (Å²) in [7, 11) is 0. The van der Waals surface area contributed by atoms with Gasteiger partial charge in [0.2, 0.25) is 0 Å². The van der Waals surface area contributed by atoms with Crippen molar-refractivity contribution in [3.63, 3.8) is 0 Å². The second kappa shape index (κ2) is 9.42. The third kappa shape index (κ3) is 4.61. The number of ether oxygens (including phenoxy) is 1. The van der Waals surface area contributed by atoms with Crippen molar-refractivity contribution in [2.75, 3.05) is 6.61 Å². The maximum absolute atomic E-state index is 12.8. The quantitative estimate of drug-likeness (QED) is 0.337. The number of hydrogen-bond donors (Lipinski definition) is 1. The monoisotopic (exact) mass is 468 g/mol. The van der Waals surface area contributed by atoms with Gasteiger partial charge in [-0.3, -0.25) is 14.4 Å². The van der Waals surface area contributed by atoms with Gasteiger partial charge < -0.3 is 14.6 Å². The lowest BCUT2D eigenvalue weighted by Crippen LogP contribution is -2.29. The minimum atomic E-state index is -0.594. The standard InChI is InChI=1S/C24H18Cl2N2O4/c25-16-10-9-15(19(26)11-16)12-27-22(29)14-32-23(30)13-28-20-7-3-1-5-17(20)24(31)18-6-2-4-8-21(18)28/h1-11H,12-14H2,(H,27,29). The molecule has 1 N–H and O–H groups in total. The van der Waals surface area contributed by atoms with Gasteiger partial charge in [-0.15, -0.1) is 0 Å². The number of hydrogen-bond acceptors (Lipinski definition) is 4. The zero-order chi connectivity index (χ0) is 22.7. The van der Waals surface area contributed by atoms with Gasteiger partial charge in [0.25, 0.3) is 5.91 Å². The fourth-order valence-electron chi connectivity index (χ4n) is 3.48. The summed E-state index contributed by atoms with van der Waals surface area (Å²) in [4.78, 5) is 37.4. The minimum absolute atomic E-state index is 0.0962. The van der Waals surface area contributed by atoms with Gasteiger partial charge in [-0.25, -0.2) is 0 Å². The number of fused-ring (bicyclic) bond motifs is 2. The van der Waals surface area contributed by atoms with Gasteiger partial charge >= 0.3 is 5.97 Å². The van der Waals surface area contributed by atoms with Gasteiger partial charge in [0, 0.05) is 27.4 Å². The van der Waals surface area contributed by atoms with E-state index >= 15 is 0 Å². The van der Waals surface area contributed by atoms with E-state index < -0.39 is 18.5 Å². The molecule has 0 aliphatic heterocycles. The van der Waals surface area contributed by atoms with Crippen molar-refractivity contribution < 1.29 is 14.3 Å². The lowest BCUT2D eigenvalue weighted by molar-refractivity contribution is -0.149. The Morgan fingerprint density at radius 1 is 0.906 bits per heavy atom. The molecule has 4 aromatic rings. The molecular weight excluding hydrogens is 451 g/mol. The van der Waals surface area contributed by atoms with E-state index in [1.54, 1.807) is 71.3 Å². The van der Waals surface area contributed by atoms with Crippen LogP contribution in [0.5, 0.6) is 0 Å². The average molecular weight is 469 g/mol. The molecule has 3 aromatic carbocycles. The molecule has 1 aromatic heterocycles. The molecule has 0 saturated heterocycles. The third-order valence-corrected chi connectivity index (χ3v) is 5.61. The number of halogens is 2. The highest BCUT2D eigenvalue weighted by molar-refractivity contribution is 6.35. The number of nitrogens with zero attached hydrogens (tertiary/aromatic N) is 1. The molecule has 0 saturated carbocycles. The molecule has 0 aliphatic rings. The number of carbonyl (C=O) groups excluding carboxylic acids is 2. The largest absolute Gasteiger partial charge is 0.454 e. The molecule has 0 radical (unpaired) electrons. The van der Waals surface area contributed by atoms with Crippen LogP contribution in [-0.2, 0) is 27.4 Å². The summed E-state index contributed by atoms with van der Waals surface area (Å²) in [6, 6.07) is 19.1. The van der Waals surface area contributed by atoms with Gasteiger partial charge in [0.15, 0.2) is 12.0 Å². The van der Waals surface area contributed by atoms with Crippen molar-refractivity contribution in [2.24, 2.45) is 0 Å². The first-order chi connectivity index (χ1) is 15.4. The first kappa shape index (κ1) is 21.9. The van der Waals surface area contributed by atoms with Crippen LogP contribution in [-0.4, -0.2) is 23.1 Å². The molecule has 162 valence electrons. The topological polar surface area (TPSA) is 77.4 Å². The zero-order valence-corrected chi connectivity index (χ0v) is 18.3. The van der Waals surface area contributed by atoms with Crippen molar-refractivity contribution in [1.82, 2.24) is 9.88 Å². The van der Waals surface area contributed by atoms with Crippen molar-refractivity contribution in [3.8, 4) is 0 Å². The molecule has 6 nitrogen and oxygen atoms in total. The highest BCUT2D eigenvalue weighted by Crippen LogP contribution is 2.21. The number of carbonyl (C=O) groups is 2. The zero-order valence-electron chi connectivity index (χ0n) is 16.8. The van der Waals surface area contributed by atoms with E-state index in [0.29, 0.717) is 37.4 Å². The highest BCUT2D eigenvalue weighted by Gasteiger charge is 2.14. The maximum Gasteiger partial charge on any atom is 0.326 e. The molecule has 4 rings (SSSR count). The molecule has 0 fully saturated rings. The Morgan fingerprint density at radius 3 is 2.16 bits per heavy atom. The van der Waals surface area contributed by atoms with Gasteiger partial charge in [-0.05, 0) is 42.0 Å². The van der Waals surface area contributed by atoms with E-state index in [2.05, 4.69) is 5.32 Å². The van der Waals surface area contributed by atoms with Crippen LogP contribution in [0.4, 0.5) is 0 Å². The number of rotatable bonds is 6. The molecule has 8 heteroatoms. The Balaban J connectivity index is 1.45. The fourth-order valence-corrected chi connectivity index (χ4v) is 3.95. The van der Waals surface area contributed by atoms with E-state index in [1.165, 1.54) is 0 Å². The number of nitrogens with one attached hydrogen (secondary N) is 1. The summed E-state index contributed by atoms with van der Waals surface area (Å²) in [5.74, 6) is -1.05. The molecule has 1 amide bonds. The van der Waals surface area contributed by atoms with Crippen molar-refractivity contribution >= 4 is 56.9 Å². The normalized spacial score (nSPS) is 10.9. The number of para-hydroxylation sites is 2. The second-order valence-corrected chi connectivity index (χ2v) is 7.97. The summed E-state index contributed by atoms with van der Waals surface area (Å²) in [5.41, 5.74) is 1.84. The molecule has 0 bridgehead atoms. The van der Waals surface area contributed by atoms with Crippen LogP contribution in [0.25, 0.3) is 21.8 Å². The Labute approximate surface area is 193 Å². The van der Waals surface area contributed by atoms with Gasteiger partial charge in [0.05, 0.1) is 11.0 Å². The van der Waals surface area contributed by atoms with E-state index in [4.69, 9.17) is 27.9 Å². The Bertz CT molecular complexity index is 1340. The van der Waals surface area contributed by atoms with E-state index in [1.807, 2.05) is 0 Å². The Morgan fingerprint density at radius 2 is 1.53 bits per heavy atom. The second-order valence-electron chi connectivity index (χ2n) is 7.12. The lowest BCUT2D eigenvalue weighted by atomic mass is 10.1. The van der Waals surface area contributed by atoms with Crippen molar-refractivity contribution in [2.45, 2.75) is 13.1 Å². The molecule has 0 spiro atoms. The number of amides is 1. The molecule has 0 aliphatic carbocycles. The maximum atomic E-state index is 12.8. The van der Waals surface area contributed by atoms with Crippen LogP contribution < -0.4 is 10.7 Å². The van der Waals surface area contributed by atoms with E-state index in [0.717, 1.165) is 0 Å². The average Bonchev–Trinajstić information content (AvgIpc) is 2.80.